The van der Waals surface area contributed by atoms with Gasteiger partial charge in [0.05, 0.1) is 7.11 Å². The number of phosphoric acid groups is 1. The summed E-state index contributed by atoms with van der Waals surface area (Å²) in [4.78, 5) is 31.9. The monoisotopic (exact) mass is 213 g/mol. The lowest BCUT2D eigenvalue weighted by molar-refractivity contribution is -0.141. The first-order valence-corrected chi connectivity index (χ1v) is 5.01. The molecule has 1 atom stereocenters. The molecule has 0 radical (unpaired) electrons. The van der Waals surface area contributed by atoms with Crippen molar-refractivity contribution in [1.29, 1.82) is 0 Å². The van der Waals surface area contributed by atoms with Crippen molar-refractivity contribution in [3.05, 3.63) is 0 Å². The van der Waals surface area contributed by atoms with E-state index in [1.165, 1.54) is 7.11 Å². The third-order valence-electron chi connectivity index (χ3n) is 1.16. The van der Waals surface area contributed by atoms with E-state index in [0.717, 1.165) is 0 Å². The normalized spacial score (nSPS) is 13.8. The maximum atomic E-state index is 10.9. The van der Waals surface area contributed by atoms with Crippen molar-refractivity contribution in [3.8, 4) is 0 Å². The van der Waals surface area contributed by atoms with Crippen LogP contribution in [0.2, 0.25) is 0 Å². The Morgan fingerprint density at radius 1 is 1.62 bits per heavy atom. The van der Waals surface area contributed by atoms with Gasteiger partial charge in [-0.25, -0.2) is 9.36 Å². The Kier molecular flexibility index (Phi) is 5.12. The van der Waals surface area contributed by atoms with Crippen molar-refractivity contribution >= 4 is 13.8 Å². The molecule has 0 aliphatic heterocycles. The Morgan fingerprint density at radius 2 is 2.15 bits per heavy atom. The molecule has 0 fully saturated rings. The second-order valence-corrected chi connectivity index (χ2v) is 3.35. The van der Waals surface area contributed by atoms with Gasteiger partial charge in [-0.3, -0.25) is 9.79 Å². The average Bonchev–Trinajstić information content (AvgIpc) is 1.96. The van der Waals surface area contributed by atoms with Crippen LogP contribution in [0, 0.1) is 0 Å². The molecule has 78 valence electrons. The van der Waals surface area contributed by atoms with Crippen LogP contribution in [-0.4, -0.2) is 28.9 Å². The van der Waals surface area contributed by atoms with Crippen molar-refractivity contribution in [1.82, 2.24) is 5.48 Å². The zero-order chi connectivity index (χ0) is 10.5. The number of hydrogen-bond donors (Lipinski definition) is 3. The topological polar surface area (TPSA) is 105 Å². The first kappa shape index (κ1) is 12.5. The van der Waals surface area contributed by atoms with E-state index >= 15 is 0 Å². The van der Waals surface area contributed by atoms with E-state index in [1.807, 2.05) is 0 Å². The minimum atomic E-state index is -4.76. The summed E-state index contributed by atoms with van der Waals surface area (Å²) in [5.41, 5.74) is 2.24. The molecule has 0 aliphatic rings. The van der Waals surface area contributed by atoms with Crippen molar-refractivity contribution in [2.45, 2.75) is 19.4 Å². The molecule has 0 aliphatic carbocycles. The minimum absolute atomic E-state index is 0.298. The summed E-state index contributed by atoms with van der Waals surface area (Å²) in [6.45, 7) is 1.64. The summed E-state index contributed by atoms with van der Waals surface area (Å²) >= 11 is 0. The van der Waals surface area contributed by atoms with Gasteiger partial charge in [0.25, 0.3) is 0 Å². The lowest BCUT2D eigenvalue weighted by Gasteiger charge is -2.13. The smallest absolute Gasteiger partial charge is 0.369 e. The van der Waals surface area contributed by atoms with Gasteiger partial charge in [-0.1, -0.05) is 6.92 Å². The number of rotatable bonds is 5. The highest BCUT2D eigenvalue weighted by molar-refractivity contribution is 7.46. The second-order valence-electron chi connectivity index (χ2n) is 2.18. The molecule has 0 amide bonds. The van der Waals surface area contributed by atoms with E-state index in [0.29, 0.717) is 6.42 Å². The van der Waals surface area contributed by atoms with Crippen molar-refractivity contribution in [3.63, 3.8) is 0 Å². The van der Waals surface area contributed by atoms with Crippen molar-refractivity contribution < 1.29 is 28.5 Å². The molecule has 0 aromatic carbocycles. The quantitative estimate of drug-likeness (QED) is 0.419. The molecule has 0 bridgehead atoms. The van der Waals surface area contributed by atoms with E-state index in [4.69, 9.17) is 9.79 Å². The van der Waals surface area contributed by atoms with Crippen molar-refractivity contribution in [2.24, 2.45) is 0 Å². The van der Waals surface area contributed by atoms with Gasteiger partial charge >= 0.3 is 13.8 Å². The Labute approximate surface area is 75.2 Å². The first-order chi connectivity index (χ1) is 5.90. The van der Waals surface area contributed by atoms with E-state index in [-0.39, 0.29) is 0 Å². The summed E-state index contributed by atoms with van der Waals surface area (Å²) in [6, 6.07) is -0.877. The van der Waals surface area contributed by atoms with Crippen LogP contribution >= 0.6 is 7.82 Å². The van der Waals surface area contributed by atoms with E-state index < -0.39 is 19.8 Å². The molecule has 0 unspecified atom stereocenters. The fourth-order valence-electron chi connectivity index (χ4n) is 0.621. The standard InChI is InChI=1S/C5H12NO6P/c1-3-4(6-11-2)5(7)12-13(8,9)10/h4,6H,3H2,1-2H3,(H2,8,9,10)/t4-/m0/s1. The Bertz CT molecular complexity index is 213. The zero-order valence-corrected chi connectivity index (χ0v) is 8.15. The van der Waals surface area contributed by atoms with Crippen LogP contribution in [0.25, 0.3) is 0 Å². The summed E-state index contributed by atoms with van der Waals surface area (Å²) in [5, 5.41) is 0. The van der Waals surface area contributed by atoms with E-state index in [9.17, 15) is 9.36 Å². The fourth-order valence-corrected chi connectivity index (χ4v) is 0.983. The van der Waals surface area contributed by atoms with Crippen molar-refractivity contribution in [2.75, 3.05) is 7.11 Å². The van der Waals surface area contributed by atoms with Crippen LogP contribution in [-0.2, 0) is 18.7 Å². The number of phosphoric ester groups is 1. The average molecular weight is 213 g/mol. The number of carbonyl (C=O) groups excluding carboxylic acids is 1. The van der Waals surface area contributed by atoms with Gasteiger partial charge in [-0.2, -0.15) is 5.48 Å². The van der Waals surface area contributed by atoms with Gasteiger partial charge < -0.3 is 9.36 Å². The third kappa shape index (κ3) is 5.73. The van der Waals surface area contributed by atoms with Gasteiger partial charge in [0.1, 0.15) is 6.04 Å². The Balaban J connectivity index is 4.14. The molecule has 0 aromatic heterocycles. The lowest BCUT2D eigenvalue weighted by Crippen LogP contribution is -2.36. The molecule has 0 saturated carbocycles. The number of nitrogens with one attached hydrogen (secondary N) is 1. The Morgan fingerprint density at radius 3 is 2.46 bits per heavy atom. The molecule has 0 saturated heterocycles. The van der Waals surface area contributed by atoms with Gasteiger partial charge in [0.2, 0.25) is 0 Å². The van der Waals surface area contributed by atoms with E-state index in [1.54, 1.807) is 6.92 Å². The van der Waals surface area contributed by atoms with Crippen LogP contribution < -0.4 is 5.48 Å². The number of carbonyl (C=O) groups is 1. The largest absolute Gasteiger partial charge is 0.527 e. The zero-order valence-electron chi connectivity index (χ0n) is 7.26. The molecular weight excluding hydrogens is 201 g/mol. The van der Waals surface area contributed by atoms with Crippen LogP contribution in [0.1, 0.15) is 13.3 Å². The summed E-state index contributed by atoms with van der Waals surface area (Å²) in [5.74, 6) is -1.04. The van der Waals surface area contributed by atoms with Crippen LogP contribution in [0.15, 0.2) is 0 Å². The van der Waals surface area contributed by atoms with Crippen LogP contribution in [0.5, 0.6) is 0 Å². The highest BCUT2D eigenvalue weighted by Crippen LogP contribution is 2.36. The minimum Gasteiger partial charge on any atom is -0.369 e. The number of hydroxylamine groups is 1. The first-order valence-electron chi connectivity index (χ1n) is 3.48. The molecule has 0 spiro atoms. The highest BCUT2D eigenvalue weighted by Gasteiger charge is 2.26. The SMILES string of the molecule is CC[C@H](NOC)C(=O)OP(=O)(O)O. The van der Waals surface area contributed by atoms with Gasteiger partial charge in [0.15, 0.2) is 0 Å². The molecule has 7 nitrogen and oxygen atoms in total. The summed E-state index contributed by atoms with van der Waals surface area (Å²) in [7, 11) is -3.47. The molecule has 0 rings (SSSR count). The van der Waals surface area contributed by atoms with Crippen LogP contribution in [0.4, 0.5) is 0 Å². The lowest BCUT2D eigenvalue weighted by atomic mass is 10.2. The maximum Gasteiger partial charge on any atom is 0.527 e. The fraction of sp³-hybridized carbons (Fsp3) is 0.800. The molecule has 13 heavy (non-hydrogen) atoms. The molecule has 3 N–H and O–H groups in total. The predicted molar refractivity (Wildman–Crippen MR) is 42.4 cm³/mol. The van der Waals surface area contributed by atoms with E-state index in [2.05, 4.69) is 14.8 Å². The number of hydrogen-bond acceptors (Lipinski definition) is 5. The molecule has 0 aromatic rings. The molecule has 8 heteroatoms. The third-order valence-corrected chi connectivity index (χ3v) is 1.58. The van der Waals surface area contributed by atoms with Gasteiger partial charge in [-0.15, -0.1) is 0 Å². The highest BCUT2D eigenvalue weighted by atomic mass is 31.2. The summed E-state index contributed by atoms with van der Waals surface area (Å²) in [6.07, 6.45) is 0.298. The second kappa shape index (κ2) is 5.31. The van der Waals surface area contributed by atoms with Gasteiger partial charge in [-0.05, 0) is 6.42 Å². The summed E-state index contributed by atoms with van der Waals surface area (Å²) < 4.78 is 14.1. The van der Waals surface area contributed by atoms with Gasteiger partial charge in [0, 0.05) is 0 Å². The predicted octanol–water partition coefficient (Wildman–Crippen LogP) is -0.448. The van der Waals surface area contributed by atoms with Crippen LogP contribution in [0.3, 0.4) is 0 Å². The molecule has 0 heterocycles. The maximum absolute atomic E-state index is 10.9. The Hall–Kier alpha value is -0.460. The molecular formula is C5H12NO6P.